The number of hydrogen-bond acceptors (Lipinski definition) is 5. The first kappa shape index (κ1) is 22.8. The Hall–Kier alpha value is -3.34. The minimum Gasteiger partial charge on any atom is -0.462 e. The number of esters is 1. The van der Waals surface area contributed by atoms with Gasteiger partial charge < -0.3 is 14.6 Å². The van der Waals surface area contributed by atoms with Crippen LogP contribution in [-0.2, 0) is 22.4 Å². The summed E-state index contributed by atoms with van der Waals surface area (Å²) in [6.07, 6.45) is 7.07. The molecule has 3 aromatic rings. The van der Waals surface area contributed by atoms with Gasteiger partial charge in [0.1, 0.15) is 16.6 Å². The van der Waals surface area contributed by atoms with Crippen molar-refractivity contribution in [2.24, 2.45) is 0 Å². The lowest BCUT2D eigenvalue weighted by Crippen LogP contribution is -2.17. The quantitative estimate of drug-likeness (QED) is 0.275. The maximum absolute atomic E-state index is 13.0. The molecule has 6 nitrogen and oxygen atoms in total. The van der Waals surface area contributed by atoms with Gasteiger partial charge in [-0.1, -0.05) is 11.6 Å². The zero-order valence-corrected chi connectivity index (χ0v) is 19.6. The van der Waals surface area contributed by atoms with Crippen LogP contribution in [0, 0.1) is 11.3 Å². The van der Waals surface area contributed by atoms with Crippen molar-refractivity contribution >= 4 is 45.9 Å². The molecule has 2 heterocycles. The third kappa shape index (κ3) is 4.87. The number of carbonyl (C=O) groups is 2. The minimum absolute atomic E-state index is 0.0647. The molecule has 1 aliphatic rings. The lowest BCUT2D eigenvalue weighted by Gasteiger charge is -2.12. The van der Waals surface area contributed by atoms with E-state index in [4.69, 9.17) is 16.3 Å². The second-order valence-corrected chi connectivity index (χ2v) is 9.08. The Bertz CT molecular complexity index is 1270. The summed E-state index contributed by atoms with van der Waals surface area (Å²) < 4.78 is 7.10. The number of thiophene rings is 1. The zero-order valence-electron chi connectivity index (χ0n) is 18.1. The van der Waals surface area contributed by atoms with Crippen LogP contribution in [0.4, 0.5) is 5.00 Å². The number of aryl methyl sites for hydroxylation is 1. The molecule has 4 rings (SSSR count). The Morgan fingerprint density at radius 1 is 1.24 bits per heavy atom. The number of halogens is 1. The molecular formula is C25H22ClN3O3S. The Kier molecular flexibility index (Phi) is 6.97. The Labute approximate surface area is 201 Å². The predicted octanol–water partition coefficient (Wildman–Crippen LogP) is 5.79. The van der Waals surface area contributed by atoms with Gasteiger partial charge in [0.05, 0.1) is 12.2 Å². The number of hydrogen-bond donors (Lipinski definition) is 1. The summed E-state index contributed by atoms with van der Waals surface area (Å²) in [7, 11) is 0. The van der Waals surface area contributed by atoms with Crippen LogP contribution in [0.2, 0.25) is 5.02 Å². The third-order valence-corrected chi connectivity index (χ3v) is 6.88. The standard InChI is InChI=1S/C25H22ClN3O3S/c1-2-32-25(31)22-20-7-3-4-8-21(20)33-24(22)28-23(30)16(15-27)14-19-6-5-13-29(19)18-11-9-17(26)10-12-18/h5-6,9-14H,2-4,7-8H2,1H3,(H,28,30)/b16-14+. The summed E-state index contributed by atoms with van der Waals surface area (Å²) in [5.41, 5.74) is 2.83. The van der Waals surface area contributed by atoms with Gasteiger partial charge in [0, 0.05) is 27.5 Å². The molecule has 168 valence electrons. The molecule has 1 amide bonds. The van der Waals surface area contributed by atoms with Gasteiger partial charge in [-0.05, 0) is 80.6 Å². The molecule has 0 unspecified atom stereocenters. The molecule has 1 aromatic carbocycles. The molecule has 0 radical (unpaired) electrons. The van der Waals surface area contributed by atoms with Gasteiger partial charge >= 0.3 is 5.97 Å². The Balaban J connectivity index is 1.64. The average Bonchev–Trinajstić information content (AvgIpc) is 3.42. The van der Waals surface area contributed by atoms with E-state index < -0.39 is 11.9 Å². The van der Waals surface area contributed by atoms with E-state index in [-0.39, 0.29) is 12.2 Å². The van der Waals surface area contributed by atoms with E-state index >= 15 is 0 Å². The smallest absolute Gasteiger partial charge is 0.341 e. The van der Waals surface area contributed by atoms with Crippen molar-refractivity contribution in [3.8, 4) is 11.8 Å². The van der Waals surface area contributed by atoms with Gasteiger partial charge in [-0.25, -0.2) is 4.79 Å². The second kappa shape index (κ2) is 10.1. The van der Waals surface area contributed by atoms with Crippen LogP contribution < -0.4 is 5.32 Å². The number of nitrogens with zero attached hydrogens (tertiary/aromatic N) is 2. The topological polar surface area (TPSA) is 84.1 Å². The number of amides is 1. The van der Waals surface area contributed by atoms with Crippen LogP contribution in [0.3, 0.4) is 0 Å². The van der Waals surface area contributed by atoms with Crippen LogP contribution in [0.25, 0.3) is 11.8 Å². The minimum atomic E-state index is -0.564. The van der Waals surface area contributed by atoms with E-state index in [0.29, 0.717) is 21.3 Å². The molecule has 0 bridgehead atoms. The summed E-state index contributed by atoms with van der Waals surface area (Å²) in [4.78, 5) is 26.8. The van der Waals surface area contributed by atoms with Crippen molar-refractivity contribution in [2.45, 2.75) is 32.6 Å². The van der Waals surface area contributed by atoms with E-state index in [1.165, 1.54) is 17.4 Å². The van der Waals surface area contributed by atoms with Crippen molar-refractivity contribution in [2.75, 3.05) is 11.9 Å². The SMILES string of the molecule is CCOC(=O)c1c(NC(=O)/C(C#N)=C/c2cccn2-c2ccc(Cl)cc2)sc2c1CCCC2. The highest BCUT2D eigenvalue weighted by molar-refractivity contribution is 7.17. The van der Waals surface area contributed by atoms with E-state index in [2.05, 4.69) is 5.32 Å². The molecule has 1 aliphatic carbocycles. The fraction of sp³-hybridized carbons (Fsp3) is 0.240. The fourth-order valence-corrected chi connectivity index (χ4v) is 5.29. The number of rotatable bonds is 6. The van der Waals surface area contributed by atoms with Crippen molar-refractivity contribution in [3.05, 3.63) is 74.9 Å². The summed E-state index contributed by atoms with van der Waals surface area (Å²) >= 11 is 7.38. The lowest BCUT2D eigenvalue weighted by atomic mass is 9.95. The molecule has 0 spiro atoms. The van der Waals surface area contributed by atoms with Crippen molar-refractivity contribution in [1.82, 2.24) is 4.57 Å². The van der Waals surface area contributed by atoms with Gasteiger partial charge in [-0.15, -0.1) is 11.3 Å². The molecule has 0 saturated heterocycles. The molecule has 8 heteroatoms. The Morgan fingerprint density at radius 3 is 2.73 bits per heavy atom. The van der Waals surface area contributed by atoms with Gasteiger partial charge in [0.15, 0.2) is 0 Å². The number of nitriles is 1. The second-order valence-electron chi connectivity index (χ2n) is 7.54. The van der Waals surface area contributed by atoms with Crippen LogP contribution >= 0.6 is 22.9 Å². The maximum atomic E-state index is 13.0. The normalized spacial score (nSPS) is 13.2. The van der Waals surface area contributed by atoms with Crippen LogP contribution in [-0.4, -0.2) is 23.1 Å². The van der Waals surface area contributed by atoms with Gasteiger partial charge in [0.25, 0.3) is 5.91 Å². The van der Waals surface area contributed by atoms with Crippen molar-refractivity contribution < 1.29 is 14.3 Å². The van der Waals surface area contributed by atoms with E-state index in [1.807, 2.05) is 41.1 Å². The van der Waals surface area contributed by atoms with Crippen LogP contribution in [0.1, 0.15) is 46.3 Å². The fourth-order valence-electron chi connectivity index (χ4n) is 3.89. The molecule has 0 saturated carbocycles. The first-order chi connectivity index (χ1) is 16.0. The molecule has 33 heavy (non-hydrogen) atoms. The monoisotopic (exact) mass is 479 g/mol. The van der Waals surface area contributed by atoms with Gasteiger partial charge in [-0.2, -0.15) is 5.26 Å². The van der Waals surface area contributed by atoms with E-state index in [9.17, 15) is 14.9 Å². The van der Waals surface area contributed by atoms with Crippen LogP contribution in [0.15, 0.2) is 48.2 Å². The highest BCUT2D eigenvalue weighted by Gasteiger charge is 2.27. The maximum Gasteiger partial charge on any atom is 0.341 e. The Morgan fingerprint density at radius 2 is 2.00 bits per heavy atom. The van der Waals surface area contributed by atoms with Gasteiger partial charge in [0.2, 0.25) is 0 Å². The molecule has 0 atom stereocenters. The highest BCUT2D eigenvalue weighted by Crippen LogP contribution is 2.38. The average molecular weight is 480 g/mol. The summed E-state index contributed by atoms with van der Waals surface area (Å²) in [5, 5.41) is 13.6. The number of carbonyl (C=O) groups excluding carboxylic acids is 2. The molecular weight excluding hydrogens is 458 g/mol. The largest absolute Gasteiger partial charge is 0.462 e. The van der Waals surface area contributed by atoms with Crippen LogP contribution in [0.5, 0.6) is 0 Å². The number of nitrogens with one attached hydrogen (secondary N) is 1. The highest BCUT2D eigenvalue weighted by atomic mass is 35.5. The molecule has 0 fully saturated rings. The predicted molar refractivity (Wildman–Crippen MR) is 130 cm³/mol. The molecule has 0 aliphatic heterocycles. The number of anilines is 1. The van der Waals surface area contributed by atoms with E-state index in [0.717, 1.165) is 41.8 Å². The van der Waals surface area contributed by atoms with Crippen molar-refractivity contribution in [1.29, 1.82) is 5.26 Å². The van der Waals surface area contributed by atoms with E-state index in [1.54, 1.807) is 19.1 Å². The first-order valence-electron chi connectivity index (χ1n) is 10.7. The number of aromatic nitrogens is 1. The number of fused-ring (bicyclic) bond motifs is 1. The molecule has 2 aromatic heterocycles. The number of ether oxygens (including phenoxy) is 1. The van der Waals surface area contributed by atoms with Gasteiger partial charge in [-0.3, -0.25) is 4.79 Å². The molecule has 1 N–H and O–H groups in total. The number of benzene rings is 1. The summed E-state index contributed by atoms with van der Waals surface area (Å²) in [6, 6.07) is 12.9. The summed E-state index contributed by atoms with van der Waals surface area (Å²) in [5.74, 6) is -1.00. The van der Waals surface area contributed by atoms with Crippen molar-refractivity contribution in [3.63, 3.8) is 0 Å². The summed E-state index contributed by atoms with van der Waals surface area (Å²) in [6.45, 7) is 2.00. The zero-order chi connectivity index (χ0) is 23.4. The lowest BCUT2D eigenvalue weighted by molar-refractivity contribution is -0.112. The first-order valence-corrected chi connectivity index (χ1v) is 11.9. The third-order valence-electron chi connectivity index (χ3n) is 5.42.